The van der Waals surface area contributed by atoms with Crippen molar-refractivity contribution in [3.05, 3.63) is 83.9 Å². The van der Waals surface area contributed by atoms with Crippen LogP contribution in [0.4, 0.5) is 9.59 Å². The largest absolute Gasteiger partial charge is 0.463 e. The van der Waals surface area contributed by atoms with Gasteiger partial charge in [0.1, 0.15) is 32.5 Å². The van der Waals surface area contributed by atoms with Gasteiger partial charge < -0.3 is 18.4 Å². The van der Waals surface area contributed by atoms with E-state index in [4.69, 9.17) is 28.6 Å². The van der Waals surface area contributed by atoms with Gasteiger partial charge in [-0.2, -0.15) is 12.7 Å². The van der Waals surface area contributed by atoms with Crippen molar-refractivity contribution in [3.8, 4) is 11.5 Å². The van der Waals surface area contributed by atoms with E-state index < -0.39 is 65.6 Å². The van der Waals surface area contributed by atoms with Crippen molar-refractivity contribution in [1.29, 1.82) is 5.41 Å². The third-order valence-electron chi connectivity index (χ3n) is 7.75. The number of benzene rings is 3. The van der Waals surface area contributed by atoms with Crippen LogP contribution in [0, 0.1) is 12.3 Å². The third kappa shape index (κ3) is 12.6. The first kappa shape index (κ1) is 44.0. The molecule has 1 aliphatic heterocycles. The number of nitrogens with zero attached hydrogens (tertiary/aromatic N) is 3. The van der Waals surface area contributed by atoms with Crippen LogP contribution in [0.5, 0.6) is 11.5 Å². The molecule has 1 heterocycles. The van der Waals surface area contributed by atoms with Gasteiger partial charge >= 0.3 is 22.3 Å². The number of sulfonamides is 1. The van der Waals surface area contributed by atoms with Gasteiger partial charge in [0, 0.05) is 45.2 Å². The van der Waals surface area contributed by atoms with Gasteiger partial charge in [0.05, 0.1) is 0 Å². The molecule has 0 saturated carbocycles. The second kappa shape index (κ2) is 18.0. The fourth-order valence-electron chi connectivity index (χ4n) is 5.37. The zero-order valence-corrected chi connectivity index (χ0v) is 34.5. The summed E-state index contributed by atoms with van der Waals surface area (Å²) in [5, 5.41) is 10.9. The number of hydrogen-bond acceptors (Lipinski definition) is 13. The number of rotatable bonds is 12. The summed E-state index contributed by atoms with van der Waals surface area (Å²) < 4.78 is 78.6. The van der Waals surface area contributed by atoms with Crippen LogP contribution in [-0.4, -0.2) is 92.9 Å². The number of hydrogen-bond donors (Lipinski definition) is 2. The molecular weight excluding hydrogens is 767 g/mol. The predicted octanol–water partition coefficient (Wildman–Crippen LogP) is 6.01. The van der Waals surface area contributed by atoms with E-state index in [-0.39, 0.29) is 31.0 Å². The maximum Gasteiger partial charge on any atom is 0.442 e. The lowest BCUT2D eigenvalue weighted by molar-refractivity contribution is -0.205. The second-order valence-corrected chi connectivity index (χ2v) is 18.4. The minimum Gasteiger partial charge on any atom is -0.463 e. The molecule has 306 valence electrons. The van der Waals surface area contributed by atoms with Crippen LogP contribution in [0.3, 0.4) is 0 Å². The van der Waals surface area contributed by atoms with Gasteiger partial charge in [-0.25, -0.2) is 22.8 Å². The molecule has 16 nitrogen and oxygen atoms in total. The summed E-state index contributed by atoms with van der Waals surface area (Å²) in [6, 6.07) is 19.3. The molecular formula is C38H51N5O11S2. The number of aryl methyl sites for hydroxylation is 1. The van der Waals surface area contributed by atoms with Gasteiger partial charge in [0.2, 0.25) is 22.3 Å². The molecule has 1 aliphatic rings. The lowest BCUT2D eigenvalue weighted by atomic mass is 10.2. The number of alkyl carbamates (subject to hydrolysis) is 1. The minimum atomic E-state index is -4.72. The van der Waals surface area contributed by atoms with Crippen molar-refractivity contribution < 1.29 is 49.7 Å². The van der Waals surface area contributed by atoms with Crippen molar-refractivity contribution >= 4 is 38.3 Å². The summed E-state index contributed by atoms with van der Waals surface area (Å²) in [6.07, 6.45) is -3.35. The Kier molecular flexibility index (Phi) is 14.1. The molecule has 2 N–H and O–H groups in total. The Hall–Kier alpha value is -4.75. The van der Waals surface area contributed by atoms with Crippen molar-refractivity contribution in [1.82, 2.24) is 19.6 Å². The van der Waals surface area contributed by atoms with Crippen molar-refractivity contribution in [2.45, 2.75) is 95.6 Å². The maximum absolute atomic E-state index is 13.9. The average molecular weight is 818 g/mol. The molecule has 3 aromatic rings. The van der Waals surface area contributed by atoms with Gasteiger partial charge in [-0.1, -0.05) is 49.4 Å². The topological polar surface area (TPSA) is 194 Å². The molecule has 4 rings (SSSR count). The Bertz CT molecular complexity index is 2080. The first-order valence-electron chi connectivity index (χ1n) is 17.9. The van der Waals surface area contributed by atoms with E-state index in [0.29, 0.717) is 30.3 Å². The Morgan fingerprint density at radius 2 is 1.39 bits per heavy atom. The van der Waals surface area contributed by atoms with Crippen molar-refractivity contribution in [3.63, 3.8) is 0 Å². The number of nitrogens with one attached hydrogen (secondary N) is 2. The molecule has 0 radical (unpaired) electrons. The number of amides is 2. The SMILES string of the molecule is CCC(Oc1cc(C)cc(OS(=O)(=O)c2ccccc2S(=O)(=O)N2CCN(Cc3ccccc3)CC2)c1)ON(C(=N)NC(=O)OC(C)(C)C)C(=O)OC(C)(C)C. The smallest absolute Gasteiger partial charge is 0.442 e. The molecule has 1 saturated heterocycles. The molecule has 2 amide bonds. The molecule has 3 aromatic carbocycles. The molecule has 0 aliphatic carbocycles. The molecule has 0 aromatic heterocycles. The van der Waals surface area contributed by atoms with Gasteiger partial charge in [-0.15, -0.1) is 5.06 Å². The van der Waals surface area contributed by atoms with E-state index in [1.54, 1.807) is 61.5 Å². The van der Waals surface area contributed by atoms with Crippen LogP contribution in [0.2, 0.25) is 0 Å². The molecule has 1 unspecified atom stereocenters. The molecule has 0 spiro atoms. The first-order chi connectivity index (χ1) is 26.1. The highest BCUT2D eigenvalue weighted by atomic mass is 32.2. The van der Waals surface area contributed by atoms with E-state index in [2.05, 4.69) is 10.2 Å². The van der Waals surface area contributed by atoms with Crippen LogP contribution >= 0.6 is 0 Å². The fraction of sp³-hybridized carbons (Fsp3) is 0.447. The molecule has 56 heavy (non-hydrogen) atoms. The van der Waals surface area contributed by atoms with Gasteiger partial charge in [0.15, 0.2) is 0 Å². The highest BCUT2D eigenvalue weighted by Crippen LogP contribution is 2.31. The van der Waals surface area contributed by atoms with Crippen LogP contribution in [0.1, 0.15) is 66.0 Å². The van der Waals surface area contributed by atoms with Crippen LogP contribution in [0.15, 0.2) is 82.6 Å². The fourth-order valence-corrected chi connectivity index (χ4v) is 8.49. The molecule has 1 atom stereocenters. The van der Waals surface area contributed by atoms with Crippen LogP contribution in [-0.2, 0) is 41.0 Å². The summed E-state index contributed by atoms with van der Waals surface area (Å²) in [5.74, 6) is -0.968. The summed E-state index contributed by atoms with van der Waals surface area (Å²) >= 11 is 0. The summed E-state index contributed by atoms with van der Waals surface area (Å²) in [4.78, 5) is 32.4. The van der Waals surface area contributed by atoms with Gasteiger partial charge in [0.25, 0.3) is 0 Å². The Balaban J connectivity index is 1.51. The second-order valence-electron chi connectivity index (χ2n) is 14.9. The Labute approximate surface area is 329 Å². The highest BCUT2D eigenvalue weighted by molar-refractivity contribution is 7.91. The Morgan fingerprint density at radius 1 is 0.821 bits per heavy atom. The minimum absolute atomic E-state index is 0.0482. The van der Waals surface area contributed by atoms with E-state index in [9.17, 15) is 26.4 Å². The summed E-state index contributed by atoms with van der Waals surface area (Å²) in [5.41, 5.74) is -0.294. The first-order valence-corrected chi connectivity index (χ1v) is 20.8. The number of piperazine rings is 1. The quantitative estimate of drug-likeness (QED) is 0.0712. The van der Waals surface area contributed by atoms with E-state index in [0.717, 1.165) is 5.56 Å². The normalized spacial score (nSPS) is 15.0. The zero-order chi connectivity index (χ0) is 41.5. The number of ether oxygens (including phenoxy) is 3. The summed E-state index contributed by atoms with van der Waals surface area (Å²) in [6.45, 7) is 14.9. The van der Waals surface area contributed by atoms with E-state index in [1.807, 2.05) is 30.3 Å². The van der Waals surface area contributed by atoms with Crippen LogP contribution < -0.4 is 14.2 Å². The van der Waals surface area contributed by atoms with Crippen molar-refractivity contribution in [2.24, 2.45) is 0 Å². The monoisotopic (exact) mass is 817 g/mol. The molecule has 1 fully saturated rings. The zero-order valence-electron chi connectivity index (χ0n) is 32.9. The number of hydroxylamine groups is 2. The lowest BCUT2D eigenvalue weighted by Gasteiger charge is -2.34. The molecule has 18 heteroatoms. The van der Waals surface area contributed by atoms with E-state index in [1.165, 1.54) is 40.7 Å². The predicted molar refractivity (Wildman–Crippen MR) is 207 cm³/mol. The summed E-state index contributed by atoms with van der Waals surface area (Å²) in [7, 11) is -8.96. The Morgan fingerprint density at radius 3 is 1.98 bits per heavy atom. The van der Waals surface area contributed by atoms with Gasteiger partial charge in [-0.05, 0) is 83.9 Å². The lowest BCUT2D eigenvalue weighted by Crippen LogP contribution is -2.51. The van der Waals surface area contributed by atoms with Crippen molar-refractivity contribution in [2.75, 3.05) is 26.2 Å². The average Bonchev–Trinajstić information content (AvgIpc) is 3.08. The maximum atomic E-state index is 13.9. The number of carbonyl (C=O) groups excluding carboxylic acids is 2. The number of carbonyl (C=O) groups is 2. The van der Waals surface area contributed by atoms with Gasteiger partial charge in [-0.3, -0.25) is 15.6 Å². The van der Waals surface area contributed by atoms with E-state index >= 15 is 0 Å². The molecule has 0 bridgehead atoms. The van der Waals surface area contributed by atoms with Crippen LogP contribution in [0.25, 0.3) is 0 Å². The highest BCUT2D eigenvalue weighted by Gasteiger charge is 2.35. The number of guanidine groups is 1. The standard InChI is InChI=1S/C38H51N5O11S2/c1-9-33(53-43(36(45)52-38(6,7)8)34(39)40-35(44)51-37(3,4)5)50-29-23-27(2)24-30(25-29)54-56(48,49)32-18-14-13-17-31(32)55(46,47)42-21-19-41(20-22-42)26-28-15-11-10-12-16-28/h10-18,23-25,33H,9,19-22,26H2,1-8H3,(H2,39,40,44). The third-order valence-corrected chi connectivity index (χ3v) is 11.1.